The lowest BCUT2D eigenvalue weighted by Gasteiger charge is -2.10. The number of aromatic nitrogens is 2. The molecule has 21 heavy (non-hydrogen) atoms. The third-order valence-electron chi connectivity index (χ3n) is 3.59. The van der Waals surface area contributed by atoms with Gasteiger partial charge in [-0.25, -0.2) is 9.97 Å². The molecule has 0 aliphatic heterocycles. The Morgan fingerprint density at radius 3 is 2.29 bits per heavy atom. The number of hydrogen-bond donors (Lipinski definition) is 1. The molecule has 0 saturated heterocycles. The van der Waals surface area contributed by atoms with Crippen molar-refractivity contribution in [3.63, 3.8) is 0 Å². The molecule has 1 atom stereocenters. The van der Waals surface area contributed by atoms with E-state index in [0.717, 1.165) is 36.5 Å². The van der Waals surface area contributed by atoms with Gasteiger partial charge in [0, 0.05) is 30.3 Å². The van der Waals surface area contributed by atoms with Gasteiger partial charge < -0.3 is 5.73 Å². The summed E-state index contributed by atoms with van der Waals surface area (Å²) in [6.45, 7) is 8.38. The van der Waals surface area contributed by atoms with Gasteiger partial charge >= 0.3 is 0 Å². The molecule has 2 rings (SSSR count). The highest BCUT2D eigenvalue weighted by molar-refractivity contribution is 5.30. The van der Waals surface area contributed by atoms with E-state index in [0.29, 0.717) is 0 Å². The highest BCUT2D eigenvalue weighted by Gasteiger charge is 2.08. The first-order valence-electron chi connectivity index (χ1n) is 7.62. The van der Waals surface area contributed by atoms with Gasteiger partial charge in [-0.05, 0) is 38.8 Å². The van der Waals surface area contributed by atoms with Crippen LogP contribution in [0, 0.1) is 20.8 Å². The number of hydrogen-bond acceptors (Lipinski definition) is 3. The van der Waals surface area contributed by atoms with Crippen molar-refractivity contribution >= 4 is 0 Å². The Morgan fingerprint density at radius 2 is 1.67 bits per heavy atom. The summed E-state index contributed by atoms with van der Waals surface area (Å²) >= 11 is 0. The monoisotopic (exact) mass is 283 g/mol. The van der Waals surface area contributed by atoms with Gasteiger partial charge in [0.1, 0.15) is 5.82 Å². The Morgan fingerprint density at radius 1 is 1.00 bits per heavy atom. The van der Waals surface area contributed by atoms with Crippen molar-refractivity contribution in [2.75, 3.05) is 0 Å². The predicted molar refractivity (Wildman–Crippen MR) is 87.5 cm³/mol. The summed E-state index contributed by atoms with van der Waals surface area (Å²) in [5, 5.41) is 0. The lowest BCUT2D eigenvalue weighted by atomic mass is 10.0. The number of nitrogens with two attached hydrogens (primary N) is 1. The van der Waals surface area contributed by atoms with E-state index in [9.17, 15) is 0 Å². The van der Waals surface area contributed by atoms with Crippen LogP contribution in [-0.4, -0.2) is 16.0 Å². The van der Waals surface area contributed by atoms with Crippen molar-refractivity contribution in [2.24, 2.45) is 5.73 Å². The Balaban J connectivity index is 2.23. The standard InChI is InChI=1S/C18H25N3/c1-5-16(19)11-17-9-14(4)20-18(21-17)10-15-7-12(2)6-13(3)8-15/h6-9,16H,5,10-11,19H2,1-4H3. The molecule has 0 aliphatic carbocycles. The van der Waals surface area contributed by atoms with Crippen LogP contribution in [0.3, 0.4) is 0 Å². The fourth-order valence-corrected chi connectivity index (χ4v) is 2.65. The summed E-state index contributed by atoms with van der Waals surface area (Å²) in [4.78, 5) is 9.25. The molecule has 0 radical (unpaired) electrons. The molecule has 0 bridgehead atoms. The summed E-state index contributed by atoms with van der Waals surface area (Å²) < 4.78 is 0. The van der Waals surface area contributed by atoms with Crippen molar-refractivity contribution in [2.45, 2.75) is 53.0 Å². The van der Waals surface area contributed by atoms with Gasteiger partial charge in [0.15, 0.2) is 0 Å². The summed E-state index contributed by atoms with van der Waals surface area (Å²) in [6.07, 6.45) is 2.56. The van der Waals surface area contributed by atoms with E-state index in [1.165, 1.54) is 16.7 Å². The van der Waals surface area contributed by atoms with Crippen LogP contribution in [0.25, 0.3) is 0 Å². The SMILES string of the molecule is CCC(N)Cc1cc(C)nc(Cc2cc(C)cc(C)c2)n1. The highest BCUT2D eigenvalue weighted by atomic mass is 14.9. The maximum Gasteiger partial charge on any atom is 0.133 e. The molecule has 1 aromatic heterocycles. The van der Waals surface area contributed by atoms with Crippen LogP contribution in [0.5, 0.6) is 0 Å². The van der Waals surface area contributed by atoms with E-state index in [1.54, 1.807) is 0 Å². The zero-order valence-electron chi connectivity index (χ0n) is 13.5. The van der Waals surface area contributed by atoms with Gasteiger partial charge in [0.05, 0.1) is 0 Å². The largest absolute Gasteiger partial charge is 0.327 e. The topological polar surface area (TPSA) is 51.8 Å². The molecule has 1 aromatic carbocycles. The van der Waals surface area contributed by atoms with E-state index in [1.807, 2.05) is 13.0 Å². The van der Waals surface area contributed by atoms with Crippen LogP contribution in [0.1, 0.15) is 47.2 Å². The lowest BCUT2D eigenvalue weighted by molar-refractivity contribution is 0.632. The normalized spacial score (nSPS) is 12.4. The summed E-state index contributed by atoms with van der Waals surface area (Å²) in [5.41, 5.74) is 11.9. The Kier molecular flexibility index (Phi) is 5.07. The second-order valence-corrected chi connectivity index (χ2v) is 5.96. The second kappa shape index (κ2) is 6.81. The van der Waals surface area contributed by atoms with Crippen LogP contribution in [0.15, 0.2) is 24.3 Å². The Hall–Kier alpha value is -1.74. The first-order valence-corrected chi connectivity index (χ1v) is 7.62. The Bertz CT molecular complexity index is 600. The lowest BCUT2D eigenvalue weighted by Crippen LogP contribution is -2.22. The number of nitrogens with zero attached hydrogens (tertiary/aromatic N) is 2. The molecule has 3 heteroatoms. The van der Waals surface area contributed by atoms with Crippen LogP contribution in [0.4, 0.5) is 0 Å². The van der Waals surface area contributed by atoms with Gasteiger partial charge in [0.2, 0.25) is 0 Å². The smallest absolute Gasteiger partial charge is 0.133 e. The predicted octanol–water partition coefficient (Wildman–Crippen LogP) is 3.27. The zero-order valence-corrected chi connectivity index (χ0v) is 13.5. The Labute approximate surface area is 127 Å². The van der Waals surface area contributed by atoms with E-state index in [-0.39, 0.29) is 6.04 Å². The van der Waals surface area contributed by atoms with E-state index in [2.05, 4.69) is 48.9 Å². The van der Waals surface area contributed by atoms with E-state index < -0.39 is 0 Å². The molecule has 112 valence electrons. The van der Waals surface area contributed by atoms with Crippen LogP contribution in [-0.2, 0) is 12.8 Å². The van der Waals surface area contributed by atoms with Crippen LogP contribution < -0.4 is 5.73 Å². The molecule has 0 fully saturated rings. The minimum Gasteiger partial charge on any atom is -0.327 e. The van der Waals surface area contributed by atoms with Crippen molar-refractivity contribution in [3.05, 3.63) is 58.2 Å². The van der Waals surface area contributed by atoms with Gasteiger partial charge in [-0.3, -0.25) is 0 Å². The maximum atomic E-state index is 6.04. The van der Waals surface area contributed by atoms with Gasteiger partial charge in [-0.2, -0.15) is 0 Å². The first-order chi connectivity index (χ1) is 9.96. The summed E-state index contributed by atoms with van der Waals surface area (Å²) in [5.74, 6) is 0.887. The molecule has 0 amide bonds. The van der Waals surface area contributed by atoms with Gasteiger partial charge in [-0.15, -0.1) is 0 Å². The first kappa shape index (κ1) is 15.6. The number of aryl methyl sites for hydroxylation is 3. The molecule has 0 spiro atoms. The molecule has 0 saturated carbocycles. The third kappa shape index (κ3) is 4.64. The third-order valence-corrected chi connectivity index (χ3v) is 3.59. The molecule has 1 unspecified atom stereocenters. The maximum absolute atomic E-state index is 6.04. The number of rotatable bonds is 5. The number of benzene rings is 1. The fourth-order valence-electron chi connectivity index (χ4n) is 2.65. The van der Waals surface area contributed by atoms with E-state index in [4.69, 9.17) is 5.73 Å². The van der Waals surface area contributed by atoms with Crippen LogP contribution >= 0.6 is 0 Å². The van der Waals surface area contributed by atoms with Crippen LogP contribution in [0.2, 0.25) is 0 Å². The average molecular weight is 283 g/mol. The summed E-state index contributed by atoms with van der Waals surface area (Å²) in [6, 6.07) is 8.81. The molecular weight excluding hydrogens is 258 g/mol. The van der Waals surface area contributed by atoms with Crippen molar-refractivity contribution in [1.82, 2.24) is 9.97 Å². The minimum absolute atomic E-state index is 0.174. The zero-order chi connectivity index (χ0) is 15.4. The molecular formula is C18H25N3. The molecule has 2 N–H and O–H groups in total. The molecule has 1 heterocycles. The minimum atomic E-state index is 0.174. The molecule has 2 aromatic rings. The van der Waals surface area contributed by atoms with Crippen molar-refractivity contribution < 1.29 is 0 Å². The van der Waals surface area contributed by atoms with E-state index >= 15 is 0 Å². The summed E-state index contributed by atoms with van der Waals surface area (Å²) in [7, 11) is 0. The quantitative estimate of drug-likeness (QED) is 0.916. The van der Waals surface area contributed by atoms with Crippen molar-refractivity contribution in [3.8, 4) is 0 Å². The average Bonchev–Trinajstić information content (AvgIpc) is 2.36. The second-order valence-electron chi connectivity index (χ2n) is 5.96. The fraction of sp³-hybridized carbons (Fsp3) is 0.444. The molecule has 3 nitrogen and oxygen atoms in total. The highest BCUT2D eigenvalue weighted by Crippen LogP contribution is 2.13. The molecule has 0 aliphatic rings. The van der Waals surface area contributed by atoms with Crippen molar-refractivity contribution in [1.29, 1.82) is 0 Å². The van der Waals surface area contributed by atoms with Gasteiger partial charge in [0.25, 0.3) is 0 Å². The van der Waals surface area contributed by atoms with Gasteiger partial charge in [-0.1, -0.05) is 36.2 Å².